The van der Waals surface area contributed by atoms with E-state index in [1.807, 2.05) is 13.8 Å². The second-order valence-electron chi connectivity index (χ2n) is 7.97. The second-order valence-corrected chi connectivity index (χ2v) is 7.97. The molecule has 2 amide bonds. The molecular formula is C24H24N6O6. The lowest BCUT2D eigenvalue weighted by molar-refractivity contribution is 0.0992. The smallest absolute Gasteiger partial charge is 0.291 e. The molecule has 0 radical (unpaired) electrons. The van der Waals surface area contributed by atoms with Crippen LogP contribution in [0.3, 0.4) is 0 Å². The quantitative estimate of drug-likeness (QED) is 0.382. The number of nitrogens with zero attached hydrogens (tertiary/aromatic N) is 4. The third-order valence-corrected chi connectivity index (χ3v) is 5.70. The van der Waals surface area contributed by atoms with Gasteiger partial charge in [-0.1, -0.05) is 0 Å². The van der Waals surface area contributed by atoms with Gasteiger partial charge in [-0.2, -0.15) is 10.2 Å². The number of benzene rings is 1. The fraction of sp³-hybridized carbons (Fsp3) is 0.250. The number of furan rings is 1. The standard InChI is InChI=1S/C24H24N6O6/c1-4-30-22(24(32)27-17-10-25-29(3)14(17)2)18(11-26-30)28-23(31)20-8-6-16(36-20)12-33-15-5-7-19-21(9-15)35-13-34-19/h5-11H,4,12-13H2,1-3H3,(H,27,32)(H,28,31). The first-order chi connectivity index (χ1) is 17.4. The Morgan fingerprint density at radius 3 is 2.58 bits per heavy atom. The van der Waals surface area contributed by atoms with Gasteiger partial charge in [0.2, 0.25) is 6.79 Å². The molecule has 5 rings (SSSR count). The highest BCUT2D eigenvalue weighted by molar-refractivity contribution is 6.11. The average molecular weight is 492 g/mol. The Hall–Kier alpha value is -4.74. The Bertz CT molecular complexity index is 1430. The molecule has 0 bridgehead atoms. The van der Waals surface area contributed by atoms with Crippen LogP contribution in [0.25, 0.3) is 0 Å². The molecule has 2 N–H and O–H groups in total. The number of hydrogen-bond donors (Lipinski definition) is 2. The zero-order valence-corrected chi connectivity index (χ0v) is 19.9. The van der Waals surface area contributed by atoms with Crippen molar-refractivity contribution in [1.82, 2.24) is 19.6 Å². The van der Waals surface area contributed by atoms with E-state index in [9.17, 15) is 9.59 Å². The lowest BCUT2D eigenvalue weighted by Gasteiger charge is -2.09. The van der Waals surface area contributed by atoms with Gasteiger partial charge in [-0.25, -0.2) is 0 Å². The minimum Gasteiger partial charge on any atom is -0.486 e. The number of aryl methyl sites for hydroxylation is 2. The lowest BCUT2D eigenvalue weighted by Crippen LogP contribution is -2.21. The van der Waals surface area contributed by atoms with Crippen LogP contribution in [0.15, 0.2) is 47.1 Å². The summed E-state index contributed by atoms with van der Waals surface area (Å²) in [5.74, 6) is 1.43. The summed E-state index contributed by atoms with van der Waals surface area (Å²) in [5, 5.41) is 13.9. The summed E-state index contributed by atoms with van der Waals surface area (Å²) in [6, 6.07) is 8.43. The van der Waals surface area contributed by atoms with Crippen LogP contribution < -0.4 is 24.8 Å². The summed E-state index contributed by atoms with van der Waals surface area (Å²) in [6.07, 6.45) is 2.99. The van der Waals surface area contributed by atoms with Crippen LogP contribution in [0.1, 0.15) is 39.4 Å². The molecule has 4 heterocycles. The number of rotatable bonds is 8. The van der Waals surface area contributed by atoms with Crippen LogP contribution in [-0.2, 0) is 20.2 Å². The third kappa shape index (κ3) is 4.48. The van der Waals surface area contributed by atoms with Crippen molar-refractivity contribution in [2.75, 3.05) is 17.4 Å². The molecule has 3 aromatic heterocycles. The largest absolute Gasteiger partial charge is 0.486 e. The highest BCUT2D eigenvalue weighted by Gasteiger charge is 2.23. The van der Waals surface area contributed by atoms with Gasteiger partial charge in [0.15, 0.2) is 17.3 Å². The molecule has 0 saturated heterocycles. The molecule has 0 atom stereocenters. The number of aromatic nitrogens is 4. The molecule has 1 aliphatic rings. The van der Waals surface area contributed by atoms with Crippen molar-refractivity contribution < 1.29 is 28.2 Å². The first-order valence-corrected chi connectivity index (χ1v) is 11.2. The Balaban J connectivity index is 1.25. The topological polar surface area (TPSA) is 135 Å². The van der Waals surface area contributed by atoms with E-state index in [0.717, 1.165) is 5.69 Å². The summed E-state index contributed by atoms with van der Waals surface area (Å²) in [5.41, 5.74) is 1.84. The number of carbonyl (C=O) groups excluding carboxylic acids is 2. The summed E-state index contributed by atoms with van der Waals surface area (Å²) in [4.78, 5) is 25.9. The minimum atomic E-state index is -0.522. The Labute approximate surface area is 205 Å². The van der Waals surface area contributed by atoms with Crippen molar-refractivity contribution in [2.24, 2.45) is 7.05 Å². The minimum absolute atomic E-state index is 0.0676. The first kappa shape index (κ1) is 23.0. The number of amides is 2. The molecule has 0 unspecified atom stereocenters. The highest BCUT2D eigenvalue weighted by Crippen LogP contribution is 2.35. The summed E-state index contributed by atoms with van der Waals surface area (Å²) < 4.78 is 25.2. The number of hydrogen-bond acceptors (Lipinski definition) is 8. The molecule has 186 valence electrons. The maximum atomic E-state index is 13.0. The molecule has 0 saturated carbocycles. The monoisotopic (exact) mass is 492 g/mol. The summed E-state index contributed by atoms with van der Waals surface area (Å²) >= 11 is 0. The lowest BCUT2D eigenvalue weighted by atomic mass is 10.3. The van der Waals surface area contributed by atoms with E-state index in [1.54, 1.807) is 42.2 Å². The van der Waals surface area contributed by atoms with E-state index in [2.05, 4.69) is 20.8 Å². The molecule has 1 aromatic carbocycles. The summed E-state index contributed by atoms with van der Waals surface area (Å²) in [7, 11) is 1.78. The van der Waals surface area contributed by atoms with Gasteiger partial charge < -0.3 is 29.3 Å². The van der Waals surface area contributed by atoms with Gasteiger partial charge in [0.1, 0.15) is 23.8 Å². The van der Waals surface area contributed by atoms with Gasteiger partial charge in [-0.15, -0.1) is 0 Å². The molecule has 12 nitrogen and oxygen atoms in total. The van der Waals surface area contributed by atoms with E-state index in [1.165, 1.54) is 16.9 Å². The fourth-order valence-corrected chi connectivity index (χ4v) is 3.64. The maximum absolute atomic E-state index is 13.0. The van der Waals surface area contributed by atoms with E-state index in [-0.39, 0.29) is 30.5 Å². The zero-order chi connectivity index (χ0) is 25.2. The normalized spacial score (nSPS) is 12.0. The van der Waals surface area contributed by atoms with Gasteiger partial charge in [0.05, 0.1) is 29.5 Å². The van der Waals surface area contributed by atoms with Crippen molar-refractivity contribution >= 4 is 23.2 Å². The third-order valence-electron chi connectivity index (χ3n) is 5.70. The summed E-state index contributed by atoms with van der Waals surface area (Å²) in [6.45, 7) is 4.42. The van der Waals surface area contributed by atoms with E-state index in [4.69, 9.17) is 18.6 Å². The number of carbonyl (C=O) groups is 2. The van der Waals surface area contributed by atoms with Crippen molar-refractivity contribution in [3.8, 4) is 17.2 Å². The van der Waals surface area contributed by atoms with Crippen molar-refractivity contribution in [3.05, 3.63) is 65.6 Å². The number of nitrogens with one attached hydrogen (secondary N) is 2. The predicted octanol–water partition coefficient (Wildman–Crippen LogP) is 3.35. The molecule has 1 aliphatic heterocycles. The van der Waals surface area contributed by atoms with Crippen molar-refractivity contribution in [2.45, 2.75) is 27.0 Å². The highest BCUT2D eigenvalue weighted by atomic mass is 16.7. The maximum Gasteiger partial charge on any atom is 0.291 e. The Kier molecular flexibility index (Phi) is 6.07. The Morgan fingerprint density at radius 2 is 1.81 bits per heavy atom. The Morgan fingerprint density at radius 1 is 1.03 bits per heavy atom. The van der Waals surface area contributed by atoms with E-state index >= 15 is 0 Å². The van der Waals surface area contributed by atoms with Crippen LogP contribution >= 0.6 is 0 Å². The van der Waals surface area contributed by atoms with E-state index in [0.29, 0.717) is 35.2 Å². The molecule has 36 heavy (non-hydrogen) atoms. The van der Waals surface area contributed by atoms with Gasteiger partial charge in [-0.3, -0.25) is 19.0 Å². The zero-order valence-electron chi connectivity index (χ0n) is 19.9. The van der Waals surface area contributed by atoms with Gasteiger partial charge in [0, 0.05) is 19.7 Å². The van der Waals surface area contributed by atoms with Crippen LogP contribution in [0.2, 0.25) is 0 Å². The van der Waals surface area contributed by atoms with Gasteiger partial charge in [-0.05, 0) is 38.1 Å². The van der Waals surface area contributed by atoms with Gasteiger partial charge in [0.25, 0.3) is 11.8 Å². The van der Waals surface area contributed by atoms with E-state index < -0.39 is 11.8 Å². The number of fused-ring (bicyclic) bond motifs is 1. The fourth-order valence-electron chi connectivity index (χ4n) is 3.64. The SMILES string of the molecule is CCn1ncc(NC(=O)c2ccc(COc3ccc4c(c3)OCO4)o2)c1C(=O)Nc1cnn(C)c1C. The predicted molar refractivity (Wildman–Crippen MR) is 127 cm³/mol. The molecule has 0 aliphatic carbocycles. The first-order valence-electron chi connectivity index (χ1n) is 11.2. The number of ether oxygens (including phenoxy) is 3. The van der Waals surface area contributed by atoms with Crippen LogP contribution in [0.5, 0.6) is 17.2 Å². The molecule has 0 fully saturated rings. The van der Waals surface area contributed by atoms with Crippen LogP contribution in [0, 0.1) is 6.92 Å². The molecule has 12 heteroatoms. The van der Waals surface area contributed by atoms with Crippen LogP contribution in [-0.4, -0.2) is 38.2 Å². The average Bonchev–Trinajstić information content (AvgIpc) is 3.67. The molecule has 0 spiro atoms. The van der Waals surface area contributed by atoms with Gasteiger partial charge >= 0.3 is 0 Å². The second kappa shape index (κ2) is 9.49. The van der Waals surface area contributed by atoms with Crippen LogP contribution in [0.4, 0.5) is 11.4 Å². The molecule has 4 aromatic rings. The molecular weight excluding hydrogens is 468 g/mol. The van der Waals surface area contributed by atoms with Crippen molar-refractivity contribution in [3.63, 3.8) is 0 Å². The van der Waals surface area contributed by atoms with Crippen molar-refractivity contribution in [1.29, 1.82) is 0 Å². The number of anilines is 2.